The van der Waals surface area contributed by atoms with Crippen molar-refractivity contribution in [3.63, 3.8) is 0 Å². The van der Waals surface area contributed by atoms with Crippen LogP contribution in [0.4, 0.5) is 5.69 Å². The van der Waals surface area contributed by atoms with Crippen molar-refractivity contribution in [3.8, 4) is 5.75 Å². The monoisotopic (exact) mass is 503 g/mol. The smallest absolute Gasteiger partial charge is 0.262 e. The van der Waals surface area contributed by atoms with Gasteiger partial charge in [0.2, 0.25) is 0 Å². The third kappa shape index (κ3) is 7.95. The van der Waals surface area contributed by atoms with Gasteiger partial charge in [0.15, 0.2) is 6.61 Å². The number of amides is 2. The highest BCUT2D eigenvalue weighted by atomic mass is 79.9. The molecule has 32 heavy (non-hydrogen) atoms. The van der Waals surface area contributed by atoms with Crippen molar-refractivity contribution >= 4 is 33.4 Å². The Labute approximate surface area is 199 Å². The van der Waals surface area contributed by atoms with E-state index in [-0.39, 0.29) is 23.8 Å². The molecule has 2 rings (SSSR count). The van der Waals surface area contributed by atoms with Gasteiger partial charge in [-0.3, -0.25) is 9.59 Å². The van der Waals surface area contributed by atoms with E-state index >= 15 is 0 Å². The summed E-state index contributed by atoms with van der Waals surface area (Å²) in [4.78, 5) is 26.9. The summed E-state index contributed by atoms with van der Waals surface area (Å²) in [5.74, 6) is 0.306. The largest absolute Gasteiger partial charge is 0.483 e. The molecule has 0 atom stereocenters. The number of likely N-dealkylation sites (N-methyl/N-ethyl adjacent to an activating group) is 1. The van der Waals surface area contributed by atoms with Crippen LogP contribution in [-0.2, 0) is 10.2 Å². The molecule has 0 aliphatic carbocycles. The summed E-state index contributed by atoms with van der Waals surface area (Å²) in [7, 11) is 0. The van der Waals surface area contributed by atoms with Gasteiger partial charge in [0.25, 0.3) is 11.8 Å². The molecule has 0 spiro atoms. The number of ether oxygens (including phenoxy) is 1. The minimum absolute atomic E-state index is 0.0989. The van der Waals surface area contributed by atoms with E-state index in [1.165, 1.54) is 0 Å². The third-order valence-electron chi connectivity index (χ3n) is 5.15. The fourth-order valence-corrected chi connectivity index (χ4v) is 3.59. The second kappa shape index (κ2) is 12.0. The molecule has 174 valence electrons. The zero-order chi connectivity index (χ0) is 23.7. The van der Waals surface area contributed by atoms with Crippen LogP contribution in [0.15, 0.2) is 46.9 Å². The lowest BCUT2D eigenvalue weighted by Crippen LogP contribution is -2.34. The van der Waals surface area contributed by atoms with Gasteiger partial charge in [0, 0.05) is 34.4 Å². The third-order valence-corrected chi connectivity index (χ3v) is 5.64. The number of carbonyl (C=O) groups excluding carboxylic acids is 2. The summed E-state index contributed by atoms with van der Waals surface area (Å²) < 4.78 is 6.76. The average molecular weight is 504 g/mol. The summed E-state index contributed by atoms with van der Waals surface area (Å²) in [5.41, 5.74) is 2.09. The van der Waals surface area contributed by atoms with Gasteiger partial charge < -0.3 is 20.3 Å². The number of hydrogen-bond donors (Lipinski definition) is 2. The maximum absolute atomic E-state index is 12.4. The molecular formula is C25H34BrN3O3. The molecular weight excluding hydrogens is 470 g/mol. The zero-order valence-corrected chi connectivity index (χ0v) is 21.2. The van der Waals surface area contributed by atoms with E-state index < -0.39 is 0 Å². The van der Waals surface area contributed by atoms with E-state index in [2.05, 4.69) is 66.1 Å². The Morgan fingerprint density at radius 3 is 2.28 bits per heavy atom. The first-order valence-corrected chi connectivity index (χ1v) is 11.8. The van der Waals surface area contributed by atoms with Crippen LogP contribution in [-0.4, -0.2) is 49.5 Å². The fraction of sp³-hybridized carbons (Fsp3) is 0.440. The van der Waals surface area contributed by atoms with Gasteiger partial charge in [0.05, 0.1) is 0 Å². The van der Waals surface area contributed by atoms with Gasteiger partial charge in [-0.25, -0.2) is 0 Å². The van der Waals surface area contributed by atoms with Gasteiger partial charge in [-0.05, 0) is 61.0 Å². The van der Waals surface area contributed by atoms with Crippen LogP contribution < -0.4 is 15.4 Å². The van der Waals surface area contributed by atoms with Crippen LogP contribution in [0.1, 0.15) is 50.5 Å². The van der Waals surface area contributed by atoms with Crippen LogP contribution in [0.2, 0.25) is 0 Å². The Kier molecular flexibility index (Phi) is 9.72. The molecule has 0 aliphatic rings. The fourth-order valence-electron chi connectivity index (χ4n) is 3.23. The molecule has 2 aromatic rings. The topological polar surface area (TPSA) is 70.7 Å². The predicted octanol–water partition coefficient (Wildman–Crippen LogP) is 4.84. The van der Waals surface area contributed by atoms with E-state index in [0.717, 1.165) is 29.7 Å². The highest BCUT2D eigenvalue weighted by Crippen LogP contribution is 2.33. The molecule has 2 N–H and O–H groups in total. The number of anilines is 1. The summed E-state index contributed by atoms with van der Waals surface area (Å²) in [5, 5.41) is 5.74. The lowest BCUT2D eigenvalue weighted by molar-refractivity contribution is -0.118. The molecule has 7 heteroatoms. The Balaban J connectivity index is 1.88. The predicted molar refractivity (Wildman–Crippen MR) is 134 cm³/mol. The summed E-state index contributed by atoms with van der Waals surface area (Å²) in [6.07, 6.45) is 0. The van der Waals surface area contributed by atoms with Crippen LogP contribution in [0, 0.1) is 0 Å². The minimum atomic E-state index is -0.260. The first-order valence-electron chi connectivity index (χ1n) is 11.0. The van der Waals surface area contributed by atoms with Crippen LogP contribution in [0.3, 0.4) is 0 Å². The van der Waals surface area contributed by atoms with Crippen molar-refractivity contribution in [1.29, 1.82) is 0 Å². The zero-order valence-electron chi connectivity index (χ0n) is 19.6. The van der Waals surface area contributed by atoms with Gasteiger partial charge in [-0.1, -0.05) is 50.5 Å². The van der Waals surface area contributed by atoms with Crippen molar-refractivity contribution in [1.82, 2.24) is 10.2 Å². The van der Waals surface area contributed by atoms with E-state index in [0.29, 0.717) is 23.5 Å². The molecule has 0 saturated carbocycles. The lowest BCUT2D eigenvalue weighted by Gasteiger charge is -2.23. The van der Waals surface area contributed by atoms with E-state index in [1.54, 1.807) is 24.3 Å². The summed E-state index contributed by atoms with van der Waals surface area (Å²) in [6, 6.07) is 12.6. The minimum Gasteiger partial charge on any atom is -0.483 e. The van der Waals surface area contributed by atoms with E-state index in [1.807, 2.05) is 18.2 Å². The first kappa shape index (κ1) is 25.9. The number of carbonyl (C=O) groups is 2. The van der Waals surface area contributed by atoms with Crippen molar-refractivity contribution in [3.05, 3.63) is 58.1 Å². The normalized spacial score (nSPS) is 11.3. The summed E-state index contributed by atoms with van der Waals surface area (Å²) >= 11 is 3.49. The molecule has 6 nitrogen and oxygen atoms in total. The van der Waals surface area contributed by atoms with Gasteiger partial charge in [0.1, 0.15) is 5.75 Å². The van der Waals surface area contributed by atoms with Gasteiger partial charge in [-0.2, -0.15) is 0 Å². The standard InChI is InChI=1S/C25H34BrN3O3/c1-6-29(7-2)15-14-27-24(31)18-8-11-20(12-9-18)28-23(30)17-32-22-13-10-19(26)16-21(22)25(3,4)5/h8-13,16H,6-7,14-15,17H2,1-5H3,(H,27,31)(H,28,30). The summed E-state index contributed by atoms with van der Waals surface area (Å²) in [6.45, 7) is 13.8. The molecule has 0 saturated heterocycles. The number of nitrogens with one attached hydrogen (secondary N) is 2. The highest BCUT2D eigenvalue weighted by molar-refractivity contribution is 9.10. The first-order chi connectivity index (χ1) is 15.1. The molecule has 0 radical (unpaired) electrons. The second-order valence-corrected chi connectivity index (χ2v) is 9.50. The van der Waals surface area contributed by atoms with Crippen molar-refractivity contribution in [2.24, 2.45) is 0 Å². The number of hydrogen-bond acceptors (Lipinski definition) is 4. The number of halogens is 1. The Morgan fingerprint density at radius 1 is 1.03 bits per heavy atom. The molecule has 0 aliphatic heterocycles. The Hall–Kier alpha value is -2.38. The van der Waals surface area contributed by atoms with Crippen molar-refractivity contribution < 1.29 is 14.3 Å². The molecule has 0 aromatic heterocycles. The van der Waals surface area contributed by atoms with Crippen molar-refractivity contribution in [2.75, 3.05) is 38.1 Å². The SMILES string of the molecule is CCN(CC)CCNC(=O)c1ccc(NC(=O)COc2ccc(Br)cc2C(C)(C)C)cc1. The molecule has 0 unspecified atom stereocenters. The van der Waals surface area contributed by atoms with Gasteiger partial charge >= 0.3 is 0 Å². The quantitative estimate of drug-likeness (QED) is 0.486. The number of nitrogens with zero attached hydrogens (tertiary/aromatic N) is 1. The molecule has 2 aromatic carbocycles. The Bertz CT molecular complexity index is 904. The highest BCUT2D eigenvalue weighted by Gasteiger charge is 2.20. The van der Waals surface area contributed by atoms with E-state index in [4.69, 9.17) is 4.74 Å². The van der Waals surface area contributed by atoms with Crippen LogP contribution in [0.5, 0.6) is 5.75 Å². The number of benzene rings is 2. The van der Waals surface area contributed by atoms with E-state index in [9.17, 15) is 9.59 Å². The Morgan fingerprint density at radius 2 is 1.69 bits per heavy atom. The molecule has 0 heterocycles. The van der Waals surface area contributed by atoms with Crippen molar-refractivity contribution in [2.45, 2.75) is 40.0 Å². The molecule has 0 bridgehead atoms. The number of rotatable bonds is 10. The maximum atomic E-state index is 12.4. The second-order valence-electron chi connectivity index (χ2n) is 8.59. The average Bonchev–Trinajstić information content (AvgIpc) is 2.75. The molecule has 0 fully saturated rings. The lowest BCUT2D eigenvalue weighted by atomic mass is 9.86. The van der Waals surface area contributed by atoms with Gasteiger partial charge in [-0.15, -0.1) is 0 Å². The van der Waals surface area contributed by atoms with Crippen LogP contribution >= 0.6 is 15.9 Å². The van der Waals surface area contributed by atoms with Crippen LogP contribution in [0.25, 0.3) is 0 Å². The maximum Gasteiger partial charge on any atom is 0.262 e. The molecule has 2 amide bonds.